The summed E-state index contributed by atoms with van der Waals surface area (Å²) >= 11 is 0. The van der Waals surface area contributed by atoms with Crippen molar-refractivity contribution in [1.29, 1.82) is 0 Å². The Morgan fingerprint density at radius 3 is 2.17 bits per heavy atom. The molecule has 4 rings (SSSR count). The predicted molar refractivity (Wildman–Crippen MR) is 93.3 cm³/mol. The minimum Gasteiger partial charge on any atom is -0.302 e. The minimum absolute atomic E-state index is 0.301. The van der Waals surface area contributed by atoms with Gasteiger partial charge in [-0.25, -0.2) is 14.4 Å². The average molecular weight is 315 g/mol. The highest BCUT2D eigenvalue weighted by molar-refractivity contribution is 6.13. The van der Waals surface area contributed by atoms with E-state index in [0.717, 1.165) is 16.8 Å². The van der Waals surface area contributed by atoms with Crippen molar-refractivity contribution in [2.75, 3.05) is 0 Å². The van der Waals surface area contributed by atoms with Crippen molar-refractivity contribution in [3.63, 3.8) is 0 Å². The Morgan fingerprint density at radius 1 is 0.917 bits per heavy atom. The van der Waals surface area contributed by atoms with Crippen LogP contribution in [0.25, 0.3) is 5.65 Å². The molecule has 4 heteroatoms. The van der Waals surface area contributed by atoms with Crippen LogP contribution in [0.15, 0.2) is 90.3 Å². The fourth-order valence-electron chi connectivity index (χ4n) is 2.65. The number of nitrogens with zero attached hydrogens (tertiary/aromatic N) is 3. The Bertz CT molecular complexity index is 963. The van der Waals surface area contributed by atoms with Crippen LogP contribution in [0.3, 0.4) is 0 Å². The second-order valence-corrected chi connectivity index (χ2v) is 5.40. The monoisotopic (exact) mass is 315 g/mol. The Kier molecular flexibility index (Phi) is 3.63. The lowest BCUT2D eigenvalue weighted by molar-refractivity contribution is 0.630. The summed E-state index contributed by atoms with van der Waals surface area (Å²) in [6.07, 6.45) is 5.06. The van der Waals surface area contributed by atoms with Crippen LogP contribution in [0.5, 0.6) is 0 Å². The Morgan fingerprint density at radius 2 is 1.54 bits per heavy atom. The molecule has 0 bridgehead atoms. The summed E-state index contributed by atoms with van der Waals surface area (Å²) in [7, 11) is 0. The van der Waals surface area contributed by atoms with Crippen molar-refractivity contribution in [2.24, 2.45) is 4.99 Å². The summed E-state index contributed by atoms with van der Waals surface area (Å²) in [4.78, 5) is 8.71. The molecule has 0 spiro atoms. The van der Waals surface area contributed by atoms with Crippen LogP contribution in [-0.2, 0) is 0 Å². The van der Waals surface area contributed by atoms with Crippen LogP contribution >= 0.6 is 0 Å². The summed E-state index contributed by atoms with van der Waals surface area (Å²) in [6.45, 7) is 0. The van der Waals surface area contributed by atoms with E-state index in [-0.39, 0.29) is 5.82 Å². The fraction of sp³-hybridized carbons (Fsp3) is 0. The number of fused-ring (bicyclic) bond motifs is 1. The first-order valence-electron chi connectivity index (χ1n) is 7.63. The standard InChI is InChI=1S/C20H14FN3/c21-18-13-17(14-24-12-11-22-20(18)24)23-19(15-7-3-1-4-8-15)16-9-5-2-6-10-16/h1-14H. The highest BCUT2D eigenvalue weighted by Gasteiger charge is 2.09. The number of hydrogen-bond acceptors (Lipinski definition) is 2. The van der Waals surface area contributed by atoms with Crippen molar-refractivity contribution in [3.8, 4) is 0 Å². The zero-order chi connectivity index (χ0) is 16.4. The summed E-state index contributed by atoms with van der Waals surface area (Å²) < 4.78 is 15.8. The molecule has 0 saturated heterocycles. The van der Waals surface area contributed by atoms with Crippen LogP contribution in [0.4, 0.5) is 10.1 Å². The van der Waals surface area contributed by atoms with Gasteiger partial charge in [0.1, 0.15) is 0 Å². The van der Waals surface area contributed by atoms with Gasteiger partial charge in [0.05, 0.1) is 11.4 Å². The van der Waals surface area contributed by atoms with Crippen LogP contribution in [0, 0.1) is 5.82 Å². The van der Waals surface area contributed by atoms with Gasteiger partial charge in [0, 0.05) is 35.8 Å². The number of benzene rings is 2. The topological polar surface area (TPSA) is 29.7 Å². The molecule has 0 aliphatic rings. The minimum atomic E-state index is -0.387. The van der Waals surface area contributed by atoms with Crippen LogP contribution < -0.4 is 0 Å². The molecule has 0 atom stereocenters. The Labute approximate surface area is 138 Å². The second kappa shape index (κ2) is 6.08. The second-order valence-electron chi connectivity index (χ2n) is 5.40. The van der Waals surface area contributed by atoms with Crippen molar-refractivity contribution in [2.45, 2.75) is 0 Å². The van der Waals surface area contributed by atoms with Gasteiger partial charge < -0.3 is 4.40 Å². The largest absolute Gasteiger partial charge is 0.302 e. The molecule has 0 unspecified atom stereocenters. The van der Waals surface area contributed by atoms with Crippen molar-refractivity contribution in [3.05, 3.63) is 102 Å². The van der Waals surface area contributed by atoms with E-state index in [1.807, 2.05) is 60.7 Å². The Balaban J connectivity index is 1.90. The first-order chi connectivity index (χ1) is 11.8. The molecule has 2 aromatic carbocycles. The molecular weight excluding hydrogens is 301 g/mol. The lowest BCUT2D eigenvalue weighted by atomic mass is 10.0. The third-order valence-electron chi connectivity index (χ3n) is 3.76. The van der Waals surface area contributed by atoms with E-state index in [1.54, 1.807) is 23.0 Å². The van der Waals surface area contributed by atoms with E-state index < -0.39 is 0 Å². The summed E-state index contributed by atoms with van der Waals surface area (Å²) in [5, 5.41) is 0. The summed E-state index contributed by atoms with van der Waals surface area (Å²) in [5.41, 5.74) is 3.61. The summed E-state index contributed by atoms with van der Waals surface area (Å²) in [6, 6.07) is 21.2. The number of imidazole rings is 1. The molecule has 0 radical (unpaired) electrons. The predicted octanol–water partition coefficient (Wildman–Crippen LogP) is 4.64. The van der Waals surface area contributed by atoms with Gasteiger partial charge in [-0.1, -0.05) is 60.7 Å². The average Bonchev–Trinajstić information content (AvgIpc) is 3.10. The van der Waals surface area contributed by atoms with Gasteiger partial charge >= 0.3 is 0 Å². The maximum atomic E-state index is 14.2. The zero-order valence-corrected chi connectivity index (χ0v) is 12.8. The number of aliphatic imine (C=N–C) groups is 1. The molecule has 2 aromatic heterocycles. The van der Waals surface area contributed by atoms with Crippen molar-refractivity contribution < 1.29 is 4.39 Å². The SMILES string of the molecule is Fc1cc(N=C(c2ccccc2)c2ccccc2)cn2ccnc12. The maximum Gasteiger partial charge on any atom is 0.173 e. The van der Waals surface area contributed by atoms with Crippen LogP contribution in [-0.4, -0.2) is 15.1 Å². The Hall–Kier alpha value is -3.27. The number of hydrogen-bond donors (Lipinski definition) is 0. The summed E-state index contributed by atoms with van der Waals surface area (Å²) in [5.74, 6) is -0.387. The fourth-order valence-corrected chi connectivity index (χ4v) is 2.65. The lowest BCUT2D eigenvalue weighted by Crippen LogP contribution is -2.02. The molecule has 0 N–H and O–H groups in total. The molecule has 0 fully saturated rings. The maximum absolute atomic E-state index is 14.2. The van der Waals surface area contributed by atoms with Gasteiger partial charge in [0.2, 0.25) is 0 Å². The normalized spacial score (nSPS) is 10.7. The molecule has 0 amide bonds. The molecule has 2 heterocycles. The highest BCUT2D eigenvalue weighted by atomic mass is 19.1. The van der Waals surface area contributed by atoms with E-state index >= 15 is 0 Å². The van der Waals surface area contributed by atoms with Gasteiger partial charge in [-0.05, 0) is 0 Å². The van der Waals surface area contributed by atoms with Gasteiger partial charge in [0.15, 0.2) is 11.5 Å². The molecule has 0 aliphatic heterocycles. The van der Waals surface area contributed by atoms with Crippen molar-refractivity contribution in [1.82, 2.24) is 9.38 Å². The molecule has 4 aromatic rings. The van der Waals surface area contributed by atoms with Crippen LogP contribution in [0.2, 0.25) is 0 Å². The van der Waals surface area contributed by atoms with Gasteiger partial charge in [-0.2, -0.15) is 0 Å². The zero-order valence-electron chi connectivity index (χ0n) is 12.8. The van der Waals surface area contributed by atoms with E-state index in [0.29, 0.717) is 11.3 Å². The molecule has 0 aliphatic carbocycles. The first kappa shape index (κ1) is 14.3. The molecule has 24 heavy (non-hydrogen) atoms. The number of rotatable bonds is 3. The smallest absolute Gasteiger partial charge is 0.173 e. The highest BCUT2D eigenvalue weighted by Crippen LogP contribution is 2.21. The van der Waals surface area contributed by atoms with Gasteiger partial charge in [-0.3, -0.25) is 0 Å². The van der Waals surface area contributed by atoms with E-state index in [4.69, 9.17) is 4.99 Å². The first-order valence-corrected chi connectivity index (χ1v) is 7.63. The molecular formula is C20H14FN3. The third-order valence-corrected chi connectivity index (χ3v) is 3.76. The van der Waals surface area contributed by atoms with Gasteiger partial charge in [0.25, 0.3) is 0 Å². The number of pyridine rings is 1. The van der Waals surface area contributed by atoms with Crippen LogP contribution in [0.1, 0.15) is 11.1 Å². The van der Waals surface area contributed by atoms with Crippen molar-refractivity contribution >= 4 is 17.0 Å². The third kappa shape index (κ3) is 2.70. The van der Waals surface area contributed by atoms with E-state index in [1.165, 1.54) is 6.07 Å². The quantitative estimate of drug-likeness (QED) is 0.506. The lowest BCUT2D eigenvalue weighted by Gasteiger charge is -2.08. The van der Waals surface area contributed by atoms with E-state index in [2.05, 4.69) is 4.98 Å². The number of halogens is 1. The van der Waals surface area contributed by atoms with E-state index in [9.17, 15) is 4.39 Å². The number of aromatic nitrogens is 2. The molecule has 0 saturated carbocycles. The van der Waals surface area contributed by atoms with Gasteiger partial charge in [-0.15, -0.1) is 0 Å². The molecule has 116 valence electrons. The molecule has 3 nitrogen and oxygen atoms in total.